The maximum atomic E-state index is 12.2. The van der Waals surface area contributed by atoms with E-state index >= 15 is 0 Å². The van der Waals surface area contributed by atoms with Crippen LogP contribution in [0.2, 0.25) is 0 Å². The van der Waals surface area contributed by atoms with Gasteiger partial charge in [0.2, 0.25) is 0 Å². The molecule has 0 aromatic rings. The van der Waals surface area contributed by atoms with Crippen LogP contribution in [0.5, 0.6) is 0 Å². The number of rotatable bonds is 0. The fraction of sp³-hybridized carbons (Fsp3) is 0.846. The summed E-state index contributed by atoms with van der Waals surface area (Å²) in [5.74, 6) is 2.59. The van der Waals surface area contributed by atoms with Crippen LogP contribution in [0.4, 0.5) is 4.79 Å². The summed E-state index contributed by atoms with van der Waals surface area (Å²) in [7, 11) is 0. The Morgan fingerprint density at radius 3 is 2.18 bits per heavy atom. The lowest BCUT2D eigenvalue weighted by atomic mass is 9.66. The van der Waals surface area contributed by atoms with Crippen molar-refractivity contribution in [2.24, 2.45) is 23.7 Å². The molecule has 5 atom stereocenters. The van der Waals surface area contributed by atoms with Gasteiger partial charge in [0.1, 0.15) is 5.54 Å². The van der Waals surface area contributed by atoms with E-state index in [-0.39, 0.29) is 11.9 Å². The Balaban J connectivity index is 1.77. The highest BCUT2D eigenvalue weighted by Crippen LogP contribution is 2.55. The Labute approximate surface area is 101 Å². The van der Waals surface area contributed by atoms with Crippen molar-refractivity contribution in [2.45, 2.75) is 44.1 Å². The van der Waals surface area contributed by atoms with E-state index in [0.717, 1.165) is 31.1 Å². The van der Waals surface area contributed by atoms with Gasteiger partial charge >= 0.3 is 6.03 Å². The summed E-state index contributed by atoms with van der Waals surface area (Å²) < 4.78 is 0. The van der Waals surface area contributed by atoms with Gasteiger partial charge in [-0.25, -0.2) is 4.79 Å². The Kier molecular flexibility index (Phi) is 1.77. The van der Waals surface area contributed by atoms with Gasteiger partial charge in [-0.05, 0) is 62.2 Å². The smallest absolute Gasteiger partial charge is 0.322 e. The molecule has 4 nitrogen and oxygen atoms in total. The molecule has 4 saturated carbocycles. The average molecular weight is 234 g/mol. The van der Waals surface area contributed by atoms with Crippen LogP contribution in [-0.4, -0.2) is 17.5 Å². The molecule has 0 aromatic heterocycles. The minimum Gasteiger partial charge on any atom is -0.323 e. The number of nitrogens with one attached hydrogen (secondary N) is 2. The fourth-order valence-corrected chi connectivity index (χ4v) is 5.12. The van der Waals surface area contributed by atoms with Crippen molar-refractivity contribution >= 4 is 11.9 Å². The average Bonchev–Trinajstić information content (AvgIpc) is 2.41. The highest BCUT2D eigenvalue weighted by Gasteiger charge is 2.58. The summed E-state index contributed by atoms with van der Waals surface area (Å²) in [5, 5.41) is 5.43. The normalized spacial score (nSPS) is 51.5. The lowest BCUT2D eigenvalue weighted by molar-refractivity contribution is -0.126. The van der Waals surface area contributed by atoms with Crippen molar-refractivity contribution in [3.8, 4) is 0 Å². The molecule has 5 rings (SSSR count). The molecule has 5 fully saturated rings. The summed E-state index contributed by atoms with van der Waals surface area (Å²) in [6.07, 6.45) is 7.07. The summed E-state index contributed by atoms with van der Waals surface area (Å²) in [5.41, 5.74) is -0.550. The van der Waals surface area contributed by atoms with Gasteiger partial charge in [0.05, 0.1) is 0 Å². The molecule has 1 saturated heterocycles. The molecule has 4 heteroatoms. The summed E-state index contributed by atoms with van der Waals surface area (Å²) in [6, 6.07) is -0.281. The van der Waals surface area contributed by atoms with Gasteiger partial charge in [0.15, 0.2) is 0 Å². The number of urea groups is 1. The Morgan fingerprint density at radius 1 is 0.941 bits per heavy atom. The summed E-state index contributed by atoms with van der Waals surface area (Å²) >= 11 is 0. The molecule has 0 radical (unpaired) electrons. The van der Waals surface area contributed by atoms with Crippen molar-refractivity contribution in [3.63, 3.8) is 0 Å². The topological polar surface area (TPSA) is 58.2 Å². The van der Waals surface area contributed by atoms with E-state index in [1.807, 2.05) is 0 Å². The number of hydrogen-bond acceptors (Lipinski definition) is 2. The minimum atomic E-state index is -0.550. The van der Waals surface area contributed by atoms with E-state index in [4.69, 9.17) is 0 Å². The van der Waals surface area contributed by atoms with E-state index in [9.17, 15) is 9.59 Å². The largest absolute Gasteiger partial charge is 0.323 e. The predicted octanol–water partition coefficient (Wildman–Crippen LogP) is 1.41. The van der Waals surface area contributed by atoms with Gasteiger partial charge in [-0.1, -0.05) is 0 Å². The van der Waals surface area contributed by atoms with Gasteiger partial charge in [-0.2, -0.15) is 0 Å². The molecule has 0 aromatic carbocycles. The summed E-state index contributed by atoms with van der Waals surface area (Å²) in [4.78, 5) is 23.7. The van der Waals surface area contributed by atoms with Crippen molar-refractivity contribution in [1.82, 2.24) is 10.6 Å². The van der Waals surface area contributed by atoms with Gasteiger partial charge in [0, 0.05) is 0 Å². The third kappa shape index (κ3) is 1.24. The van der Waals surface area contributed by atoms with Crippen LogP contribution in [0.1, 0.15) is 38.5 Å². The van der Waals surface area contributed by atoms with Crippen LogP contribution in [0.25, 0.3) is 0 Å². The zero-order valence-electron chi connectivity index (χ0n) is 9.87. The molecule has 1 aliphatic heterocycles. The molecule has 4 bridgehead atoms. The zero-order valence-corrected chi connectivity index (χ0v) is 9.87. The van der Waals surface area contributed by atoms with Gasteiger partial charge < -0.3 is 5.32 Å². The molecule has 2 unspecified atom stereocenters. The molecule has 1 spiro atoms. The SMILES string of the molecule is O=C1NC(=O)[C@]2(CC3C[C@@H]4CC2C[C@H](C3)C4)N1. The lowest BCUT2D eigenvalue weighted by Crippen LogP contribution is -2.53. The Hall–Kier alpha value is -1.06. The van der Waals surface area contributed by atoms with Gasteiger partial charge in [0.25, 0.3) is 5.91 Å². The zero-order chi connectivity index (χ0) is 11.6. The standard InChI is InChI=1S/C13H18N2O2/c16-11-13(15-12(17)14-11)6-9-2-7-1-8(3-9)5-10(13)4-7/h7-10H,1-6H2,(H2,14,15,16,17)/t7-,8+,9?,10?,13-/m1/s1. The van der Waals surface area contributed by atoms with Crippen molar-refractivity contribution in [2.75, 3.05) is 0 Å². The third-order valence-electron chi connectivity index (χ3n) is 5.51. The highest BCUT2D eigenvalue weighted by molar-refractivity contribution is 6.07. The van der Waals surface area contributed by atoms with Gasteiger partial charge in [-0.3, -0.25) is 10.1 Å². The molecule has 1 heterocycles. The van der Waals surface area contributed by atoms with Crippen LogP contribution in [0.3, 0.4) is 0 Å². The van der Waals surface area contributed by atoms with Crippen LogP contribution in [0.15, 0.2) is 0 Å². The molecule has 17 heavy (non-hydrogen) atoms. The number of amides is 3. The predicted molar refractivity (Wildman–Crippen MR) is 61.1 cm³/mol. The number of hydrogen-bond donors (Lipinski definition) is 2. The second-order valence-corrected chi connectivity index (χ2v) is 6.56. The maximum Gasteiger partial charge on any atom is 0.322 e. The molecular formula is C13H18N2O2. The third-order valence-corrected chi connectivity index (χ3v) is 5.51. The molecular weight excluding hydrogens is 216 g/mol. The molecule has 3 amide bonds. The summed E-state index contributed by atoms with van der Waals surface area (Å²) in [6.45, 7) is 0. The second-order valence-electron chi connectivity index (χ2n) is 6.56. The molecule has 4 aliphatic carbocycles. The Morgan fingerprint density at radius 2 is 1.59 bits per heavy atom. The number of imide groups is 1. The van der Waals surface area contributed by atoms with Crippen LogP contribution >= 0.6 is 0 Å². The molecule has 2 N–H and O–H groups in total. The quantitative estimate of drug-likeness (QED) is 0.623. The molecule has 92 valence electrons. The minimum absolute atomic E-state index is 0.0549. The number of carbonyl (C=O) groups is 2. The lowest BCUT2D eigenvalue weighted by Gasteiger charge is -2.40. The Bertz CT molecular complexity index is 394. The first kappa shape index (κ1) is 9.92. The van der Waals surface area contributed by atoms with E-state index in [0.29, 0.717) is 11.8 Å². The second kappa shape index (κ2) is 3.03. The first-order valence-electron chi connectivity index (χ1n) is 6.79. The first-order valence-corrected chi connectivity index (χ1v) is 6.79. The van der Waals surface area contributed by atoms with Crippen LogP contribution < -0.4 is 10.6 Å². The van der Waals surface area contributed by atoms with Crippen molar-refractivity contribution in [3.05, 3.63) is 0 Å². The van der Waals surface area contributed by atoms with Crippen molar-refractivity contribution < 1.29 is 9.59 Å². The number of carbonyl (C=O) groups excluding carboxylic acids is 2. The van der Waals surface area contributed by atoms with E-state index in [2.05, 4.69) is 10.6 Å². The van der Waals surface area contributed by atoms with E-state index < -0.39 is 5.54 Å². The van der Waals surface area contributed by atoms with Gasteiger partial charge in [-0.15, -0.1) is 0 Å². The monoisotopic (exact) mass is 234 g/mol. The highest BCUT2D eigenvalue weighted by atomic mass is 16.2. The van der Waals surface area contributed by atoms with Crippen LogP contribution in [-0.2, 0) is 4.79 Å². The maximum absolute atomic E-state index is 12.2. The van der Waals surface area contributed by atoms with Crippen molar-refractivity contribution in [1.29, 1.82) is 0 Å². The van der Waals surface area contributed by atoms with Crippen LogP contribution in [0, 0.1) is 23.7 Å². The fourth-order valence-electron chi connectivity index (χ4n) is 5.12. The first-order chi connectivity index (χ1) is 8.15. The van der Waals surface area contributed by atoms with E-state index in [1.54, 1.807) is 0 Å². The molecule has 5 aliphatic rings. The van der Waals surface area contributed by atoms with E-state index in [1.165, 1.54) is 19.3 Å².